The van der Waals surface area contributed by atoms with Gasteiger partial charge in [-0.05, 0) is 31.0 Å². The molecule has 0 N–H and O–H groups in total. The Labute approximate surface area is 180 Å². The summed E-state index contributed by atoms with van der Waals surface area (Å²) in [5.41, 5.74) is 2.38. The molecule has 1 saturated heterocycles. The maximum absolute atomic E-state index is 12.8. The number of amides is 1. The lowest BCUT2D eigenvalue weighted by molar-refractivity contribution is -0.132. The van der Waals surface area contributed by atoms with Crippen LogP contribution in [0.2, 0.25) is 0 Å². The molecular formula is C23H24N6O2. The summed E-state index contributed by atoms with van der Waals surface area (Å²) in [5, 5.41) is 13.1. The molecule has 1 amide bonds. The number of hydrogen-bond donors (Lipinski definition) is 0. The molecule has 2 aromatic heterocycles. The zero-order valence-corrected chi connectivity index (χ0v) is 17.2. The van der Waals surface area contributed by atoms with Crippen LogP contribution in [0.5, 0.6) is 0 Å². The number of rotatable bonds is 5. The fourth-order valence-electron chi connectivity index (χ4n) is 3.84. The molecule has 5 rings (SSSR count). The fourth-order valence-corrected chi connectivity index (χ4v) is 3.84. The quantitative estimate of drug-likeness (QED) is 0.632. The fraction of sp³-hybridized carbons (Fsp3) is 0.348. The standard InChI is InChI=1S/C23H24N6O2/c30-22-11-9-20(17-4-2-1-3-5-17)26-29(22)16-23(31)28-14-12-27(13-15-28)21-10-8-19(24-25-21)18-6-7-18/h1-5,8-11,18H,6-7,12-16H2. The molecule has 2 fully saturated rings. The lowest BCUT2D eigenvalue weighted by atomic mass is 10.1. The highest BCUT2D eigenvalue weighted by Gasteiger charge is 2.26. The molecule has 3 aromatic rings. The van der Waals surface area contributed by atoms with E-state index in [1.54, 1.807) is 11.0 Å². The van der Waals surface area contributed by atoms with Crippen LogP contribution in [0.3, 0.4) is 0 Å². The summed E-state index contributed by atoms with van der Waals surface area (Å²) in [5.74, 6) is 1.34. The Bertz CT molecular complexity index is 1120. The van der Waals surface area contributed by atoms with Crippen LogP contribution in [0, 0.1) is 0 Å². The predicted molar refractivity (Wildman–Crippen MR) is 117 cm³/mol. The number of benzene rings is 1. The van der Waals surface area contributed by atoms with Gasteiger partial charge in [0, 0.05) is 43.7 Å². The van der Waals surface area contributed by atoms with E-state index < -0.39 is 0 Å². The molecule has 0 atom stereocenters. The third kappa shape index (κ3) is 4.33. The van der Waals surface area contributed by atoms with E-state index in [2.05, 4.69) is 26.3 Å². The Balaban J connectivity index is 1.21. The summed E-state index contributed by atoms with van der Waals surface area (Å²) in [6.07, 6.45) is 2.42. The van der Waals surface area contributed by atoms with Crippen molar-refractivity contribution in [3.8, 4) is 11.3 Å². The van der Waals surface area contributed by atoms with Crippen LogP contribution in [0.1, 0.15) is 24.5 Å². The molecule has 1 aliphatic heterocycles. The third-order valence-electron chi connectivity index (χ3n) is 5.84. The number of nitrogens with zero attached hydrogens (tertiary/aromatic N) is 6. The van der Waals surface area contributed by atoms with Crippen molar-refractivity contribution in [3.63, 3.8) is 0 Å². The summed E-state index contributed by atoms with van der Waals surface area (Å²) in [4.78, 5) is 29.0. The number of piperazine rings is 1. The summed E-state index contributed by atoms with van der Waals surface area (Å²) in [6.45, 7) is 2.48. The molecule has 3 heterocycles. The second kappa shape index (κ2) is 8.29. The maximum Gasteiger partial charge on any atom is 0.267 e. The van der Waals surface area contributed by atoms with Gasteiger partial charge in [0.05, 0.1) is 11.4 Å². The first-order chi connectivity index (χ1) is 15.2. The van der Waals surface area contributed by atoms with Crippen LogP contribution in [0.25, 0.3) is 11.3 Å². The van der Waals surface area contributed by atoms with Gasteiger partial charge in [-0.2, -0.15) is 10.2 Å². The number of aromatic nitrogens is 4. The molecule has 0 bridgehead atoms. The lowest BCUT2D eigenvalue weighted by Gasteiger charge is -2.35. The second-order valence-electron chi connectivity index (χ2n) is 8.04. The zero-order chi connectivity index (χ0) is 21.2. The smallest absolute Gasteiger partial charge is 0.267 e. The number of carbonyl (C=O) groups is 1. The van der Waals surface area contributed by atoms with Crippen molar-refractivity contribution in [1.82, 2.24) is 24.9 Å². The van der Waals surface area contributed by atoms with Gasteiger partial charge in [-0.3, -0.25) is 9.59 Å². The third-order valence-corrected chi connectivity index (χ3v) is 5.84. The normalized spacial score (nSPS) is 16.4. The van der Waals surface area contributed by atoms with Gasteiger partial charge in [-0.1, -0.05) is 30.3 Å². The van der Waals surface area contributed by atoms with E-state index in [9.17, 15) is 9.59 Å². The van der Waals surface area contributed by atoms with Gasteiger partial charge in [0.1, 0.15) is 6.54 Å². The summed E-state index contributed by atoms with van der Waals surface area (Å²) in [6, 6.07) is 16.9. The van der Waals surface area contributed by atoms with Crippen LogP contribution < -0.4 is 10.5 Å². The van der Waals surface area contributed by atoms with Crippen molar-refractivity contribution in [2.75, 3.05) is 31.1 Å². The van der Waals surface area contributed by atoms with E-state index >= 15 is 0 Å². The average Bonchev–Trinajstić information content (AvgIpc) is 3.67. The summed E-state index contributed by atoms with van der Waals surface area (Å²) in [7, 11) is 0. The van der Waals surface area contributed by atoms with Gasteiger partial charge in [0.15, 0.2) is 5.82 Å². The van der Waals surface area contributed by atoms with Gasteiger partial charge in [-0.25, -0.2) is 4.68 Å². The van der Waals surface area contributed by atoms with Crippen molar-refractivity contribution in [1.29, 1.82) is 0 Å². The van der Waals surface area contributed by atoms with Crippen LogP contribution in [-0.2, 0) is 11.3 Å². The van der Waals surface area contributed by atoms with Gasteiger partial charge < -0.3 is 9.80 Å². The zero-order valence-electron chi connectivity index (χ0n) is 17.2. The molecular weight excluding hydrogens is 392 g/mol. The molecule has 0 unspecified atom stereocenters. The average molecular weight is 416 g/mol. The van der Waals surface area contributed by atoms with Gasteiger partial charge in [-0.15, -0.1) is 5.10 Å². The number of hydrogen-bond acceptors (Lipinski definition) is 6. The molecule has 8 heteroatoms. The molecule has 1 saturated carbocycles. The SMILES string of the molecule is O=C(Cn1nc(-c2ccccc2)ccc1=O)N1CCN(c2ccc(C3CC3)nn2)CC1. The highest BCUT2D eigenvalue weighted by molar-refractivity contribution is 5.76. The van der Waals surface area contributed by atoms with E-state index in [0.717, 1.165) is 17.1 Å². The van der Waals surface area contributed by atoms with E-state index in [0.29, 0.717) is 37.8 Å². The molecule has 1 aromatic carbocycles. The Hall–Kier alpha value is -3.55. The Morgan fingerprint density at radius 3 is 2.35 bits per heavy atom. The lowest BCUT2D eigenvalue weighted by Crippen LogP contribution is -2.50. The highest BCUT2D eigenvalue weighted by Crippen LogP contribution is 2.38. The molecule has 1 aliphatic carbocycles. The maximum atomic E-state index is 12.8. The van der Waals surface area contributed by atoms with E-state index in [1.807, 2.05) is 36.4 Å². The molecule has 0 radical (unpaired) electrons. The van der Waals surface area contributed by atoms with Crippen molar-refractivity contribution in [2.24, 2.45) is 0 Å². The Morgan fingerprint density at radius 2 is 1.68 bits per heavy atom. The van der Waals surface area contributed by atoms with Crippen molar-refractivity contribution >= 4 is 11.7 Å². The van der Waals surface area contributed by atoms with Crippen LogP contribution in [0.15, 0.2) is 59.4 Å². The number of anilines is 1. The minimum absolute atomic E-state index is 0.0601. The van der Waals surface area contributed by atoms with Crippen molar-refractivity contribution < 1.29 is 4.79 Å². The van der Waals surface area contributed by atoms with Gasteiger partial charge in [0.25, 0.3) is 5.56 Å². The van der Waals surface area contributed by atoms with Gasteiger partial charge >= 0.3 is 0 Å². The molecule has 8 nitrogen and oxygen atoms in total. The monoisotopic (exact) mass is 416 g/mol. The first kappa shape index (κ1) is 19.4. The highest BCUT2D eigenvalue weighted by atomic mass is 16.2. The Kier molecular flexibility index (Phi) is 5.19. The van der Waals surface area contributed by atoms with Crippen molar-refractivity contribution in [3.05, 3.63) is 70.6 Å². The summed E-state index contributed by atoms with van der Waals surface area (Å²) < 4.78 is 1.25. The first-order valence-corrected chi connectivity index (χ1v) is 10.7. The van der Waals surface area contributed by atoms with Crippen LogP contribution >= 0.6 is 0 Å². The van der Waals surface area contributed by atoms with Crippen LogP contribution in [0.4, 0.5) is 5.82 Å². The first-order valence-electron chi connectivity index (χ1n) is 10.7. The minimum atomic E-state index is -0.280. The Morgan fingerprint density at radius 1 is 0.903 bits per heavy atom. The minimum Gasteiger partial charge on any atom is -0.352 e. The van der Waals surface area contributed by atoms with Crippen molar-refractivity contribution in [2.45, 2.75) is 25.3 Å². The second-order valence-corrected chi connectivity index (χ2v) is 8.04. The summed E-state index contributed by atoms with van der Waals surface area (Å²) >= 11 is 0. The predicted octanol–water partition coefficient (Wildman–Crippen LogP) is 1.93. The molecule has 0 spiro atoms. The molecule has 2 aliphatic rings. The number of carbonyl (C=O) groups excluding carboxylic acids is 1. The van der Waals surface area contributed by atoms with Crippen LogP contribution in [-0.4, -0.2) is 57.0 Å². The van der Waals surface area contributed by atoms with Gasteiger partial charge in [0.2, 0.25) is 5.91 Å². The molecule has 158 valence electrons. The van der Waals surface area contributed by atoms with E-state index in [1.165, 1.54) is 23.6 Å². The topological polar surface area (TPSA) is 84.2 Å². The largest absolute Gasteiger partial charge is 0.352 e. The van der Waals surface area contributed by atoms with E-state index in [-0.39, 0.29) is 18.0 Å². The molecule has 31 heavy (non-hydrogen) atoms. The van der Waals surface area contributed by atoms with E-state index in [4.69, 9.17) is 0 Å².